The van der Waals surface area contributed by atoms with Gasteiger partial charge in [-0.3, -0.25) is 4.55 Å². The molecule has 1 N–H and O–H groups in total. The molecule has 0 aromatic rings. The first-order valence-corrected chi connectivity index (χ1v) is 6.43. The molecule has 0 aromatic carbocycles. The van der Waals surface area contributed by atoms with Crippen LogP contribution in [0.25, 0.3) is 0 Å². The van der Waals surface area contributed by atoms with Crippen molar-refractivity contribution in [3.63, 3.8) is 0 Å². The molecule has 0 rings (SSSR count). The van der Waals surface area contributed by atoms with Gasteiger partial charge in [-0.15, -0.1) is 25.3 Å². The molecule has 0 aliphatic rings. The SMILES string of the molecule is O=S(=O)(O)C(S)(S)S(F)(F)(F)(F)F. The minimum Gasteiger partial charge on any atom is -0.283 e. The Morgan fingerprint density at radius 1 is 1.08 bits per heavy atom. The van der Waals surface area contributed by atoms with Gasteiger partial charge < -0.3 is 0 Å². The Hall–Kier alpha value is 0.610. The van der Waals surface area contributed by atoms with E-state index in [-0.39, 0.29) is 0 Å². The highest BCUT2D eigenvalue weighted by molar-refractivity contribution is 8.61. The van der Waals surface area contributed by atoms with Crippen molar-refractivity contribution in [2.75, 3.05) is 0 Å². The van der Waals surface area contributed by atoms with Crippen LogP contribution in [0.15, 0.2) is 0 Å². The molecule has 84 valence electrons. The molecule has 13 heavy (non-hydrogen) atoms. The summed E-state index contributed by atoms with van der Waals surface area (Å²) >= 11 is 4.25. The summed E-state index contributed by atoms with van der Waals surface area (Å²) < 4.78 is 81.7. The fourth-order valence-corrected chi connectivity index (χ4v) is 1.79. The van der Waals surface area contributed by atoms with Gasteiger partial charge in [0, 0.05) is 0 Å². The van der Waals surface area contributed by atoms with Gasteiger partial charge in [0.2, 0.25) is 0 Å². The van der Waals surface area contributed by atoms with E-state index in [1.165, 1.54) is 0 Å². The van der Waals surface area contributed by atoms with Crippen LogP contribution in [0.1, 0.15) is 0 Å². The first-order valence-electron chi connectivity index (χ1n) is 2.14. The normalized spacial score (nSPS) is 20.6. The average Bonchev–Trinajstić information content (AvgIpc) is 1.52. The molecule has 3 nitrogen and oxygen atoms in total. The Balaban J connectivity index is 5.91. The number of hydrogen-bond acceptors (Lipinski definition) is 4. The van der Waals surface area contributed by atoms with Crippen LogP contribution in [0.4, 0.5) is 19.4 Å². The minimum atomic E-state index is -10.5. The third-order valence-corrected chi connectivity index (χ3v) is 7.55. The van der Waals surface area contributed by atoms with E-state index in [0.717, 1.165) is 0 Å². The van der Waals surface area contributed by atoms with Gasteiger partial charge in [0.25, 0.3) is 0 Å². The van der Waals surface area contributed by atoms with Crippen LogP contribution in [0.5, 0.6) is 0 Å². The quantitative estimate of drug-likeness (QED) is 0.316. The Labute approximate surface area is 81.0 Å². The largest absolute Gasteiger partial charge is 0.322 e. The van der Waals surface area contributed by atoms with Gasteiger partial charge in [-0.2, -0.15) is 8.42 Å². The zero-order valence-corrected chi connectivity index (χ0v) is 8.79. The smallest absolute Gasteiger partial charge is 0.283 e. The van der Waals surface area contributed by atoms with Crippen LogP contribution in [-0.4, -0.2) is 15.7 Å². The summed E-state index contributed by atoms with van der Waals surface area (Å²) in [5, 5.41) is 0. The first kappa shape index (κ1) is 13.6. The highest BCUT2D eigenvalue weighted by Crippen LogP contribution is 3.05. The Bertz CT molecular complexity index is 321. The zero-order valence-electron chi connectivity index (χ0n) is 5.36. The Morgan fingerprint density at radius 2 is 1.31 bits per heavy atom. The van der Waals surface area contributed by atoms with Crippen molar-refractivity contribution in [1.82, 2.24) is 0 Å². The third kappa shape index (κ3) is 2.34. The van der Waals surface area contributed by atoms with Crippen molar-refractivity contribution in [1.29, 1.82) is 0 Å². The summed E-state index contributed by atoms with van der Waals surface area (Å²) in [5.41, 5.74) is 0. The number of hydrogen-bond donors (Lipinski definition) is 3. The highest BCUT2D eigenvalue weighted by atomic mass is 32.5. The topological polar surface area (TPSA) is 54.4 Å². The van der Waals surface area contributed by atoms with E-state index in [9.17, 15) is 27.8 Å². The predicted octanol–water partition coefficient (Wildman–Crippen LogP) is 2.64. The molecule has 0 saturated heterocycles. The maximum absolute atomic E-state index is 11.8. The van der Waals surface area contributed by atoms with E-state index < -0.39 is 23.1 Å². The van der Waals surface area contributed by atoms with Crippen molar-refractivity contribution in [3.8, 4) is 0 Å². The van der Waals surface area contributed by atoms with Crippen LogP contribution in [0.3, 0.4) is 0 Å². The molecule has 0 heterocycles. The van der Waals surface area contributed by atoms with E-state index in [2.05, 4.69) is 25.3 Å². The van der Waals surface area contributed by atoms with E-state index in [1.54, 1.807) is 0 Å². The molecule has 0 saturated carbocycles. The molecule has 0 bridgehead atoms. The second kappa shape index (κ2) is 2.23. The lowest BCUT2D eigenvalue weighted by atomic mass is 11.8. The third-order valence-electron chi connectivity index (χ3n) is 0.839. The fourth-order valence-electron chi connectivity index (χ4n) is 0.199. The van der Waals surface area contributed by atoms with Gasteiger partial charge in [-0.05, 0) is 0 Å². The van der Waals surface area contributed by atoms with Crippen molar-refractivity contribution in [2.24, 2.45) is 0 Å². The molecule has 0 radical (unpaired) electrons. The van der Waals surface area contributed by atoms with Crippen molar-refractivity contribution in [3.05, 3.63) is 0 Å². The van der Waals surface area contributed by atoms with E-state index >= 15 is 0 Å². The molecule has 12 heteroatoms. The lowest BCUT2D eigenvalue weighted by Gasteiger charge is -2.48. The fraction of sp³-hybridized carbons (Fsp3) is 1.00. The predicted molar refractivity (Wildman–Crippen MR) is 45.4 cm³/mol. The molecule has 0 atom stereocenters. The van der Waals surface area contributed by atoms with Crippen molar-refractivity contribution < 1.29 is 32.4 Å². The number of halogens is 5. The molecule has 0 amide bonds. The summed E-state index contributed by atoms with van der Waals surface area (Å²) in [6, 6.07) is 0. The average molecular weight is 286 g/mol. The van der Waals surface area contributed by atoms with Crippen molar-refractivity contribution in [2.45, 2.75) is 2.74 Å². The second-order valence-corrected chi connectivity index (χ2v) is 9.27. The number of rotatable bonds is 2. The highest BCUT2D eigenvalue weighted by Gasteiger charge is 2.82. The molecule has 0 unspecified atom stereocenters. The van der Waals surface area contributed by atoms with Gasteiger partial charge in [0.05, 0.1) is 0 Å². The number of thiol groups is 2. The van der Waals surface area contributed by atoms with Crippen LogP contribution in [-0.2, 0) is 10.1 Å². The standard InChI is InChI=1S/CH3F5O3S4/c2-13(3,4,5,6)1(10,11)12(7,8)9/h10-11H,(H,7,8,9). The summed E-state index contributed by atoms with van der Waals surface area (Å²) in [6.45, 7) is 0. The summed E-state index contributed by atoms with van der Waals surface area (Å²) in [4.78, 5) is 0. The van der Waals surface area contributed by atoms with Crippen LogP contribution >= 0.6 is 35.5 Å². The Morgan fingerprint density at radius 3 is 1.31 bits per heavy atom. The lowest BCUT2D eigenvalue weighted by molar-refractivity contribution is 0.361. The molecule has 0 aliphatic carbocycles. The maximum Gasteiger partial charge on any atom is 0.322 e. The second-order valence-electron chi connectivity index (χ2n) is 1.99. The molecular formula is CH3F5O3S4. The zero-order chi connectivity index (χ0) is 11.4. The van der Waals surface area contributed by atoms with Gasteiger partial charge in [0.15, 0.2) is 0 Å². The van der Waals surface area contributed by atoms with Crippen LogP contribution in [0, 0.1) is 0 Å². The summed E-state index contributed by atoms with van der Waals surface area (Å²) in [5.74, 6) is 0. The molecule has 0 aliphatic heterocycles. The van der Waals surface area contributed by atoms with E-state index in [0.29, 0.717) is 0 Å². The molecule has 0 aromatic heterocycles. The molecular weight excluding hydrogens is 283 g/mol. The van der Waals surface area contributed by atoms with E-state index in [4.69, 9.17) is 4.55 Å². The first-order chi connectivity index (χ1) is 5.00. The monoisotopic (exact) mass is 286 g/mol. The van der Waals surface area contributed by atoms with Gasteiger partial charge in [0.1, 0.15) is 0 Å². The minimum absolute atomic E-state index is 2.12. The Kier molecular flexibility index (Phi) is 2.33. The van der Waals surface area contributed by atoms with Gasteiger partial charge >= 0.3 is 23.1 Å². The molecule has 0 spiro atoms. The van der Waals surface area contributed by atoms with E-state index in [1.807, 2.05) is 0 Å². The van der Waals surface area contributed by atoms with Gasteiger partial charge in [-0.25, -0.2) is 0 Å². The maximum atomic E-state index is 11.8. The van der Waals surface area contributed by atoms with Gasteiger partial charge in [-0.1, -0.05) is 19.4 Å². The molecule has 0 fully saturated rings. The van der Waals surface area contributed by atoms with Crippen molar-refractivity contribution >= 4 is 45.6 Å². The van der Waals surface area contributed by atoms with Crippen LogP contribution in [0.2, 0.25) is 0 Å². The lowest BCUT2D eigenvalue weighted by Crippen LogP contribution is -2.38. The summed E-state index contributed by atoms with van der Waals surface area (Å²) in [7, 11) is -16.7. The van der Waals surface area contributed by atoms with Crippen LogP contribution < -0.4 is 0 Å². The summed E-state index contributed by atoms with van der Waals surface area (Å²) in [6.07, 6.45) is 0.